The lowest BCUT2D eigenvalue weighted by atomic mass is 10.1. The van der Waals surface area contributed by atoms with E-state index in [4.69, 9.17) is 4.74 Å². The molecular formula is C17H16N2O3S. The van der Waals surface area contributed by atoms with Gasteiger partial charge in [0, 0.05) is 16.1 Å². The number of hydrogen-bond acceptors (Lipinski definition) is 4. The zero-order valence-electron chi connectivity index (χ0n) is 12.8. The lowest BCUT2D eigenvalue weighted by Crippen LogP contribution is -2.26. The number of carbonyl (C=O) groups excluding carboxylic acids is 2. The van der Waals surface area contributed by atoms with E-state index in [1.165, 1.54) is 11.8 Å². The minimum absolute atomic E-state index is 0.0461. The van der Waals surface area contributed by atoms with E-state index in [0.717, 1.165) is 10.6 Å². The fraction of sp³-hybridized carbons (Fsp3) is 0.176. The predicted octanol–water partition coefficient (Wildman–Crippen LogP) is 3.38. The predicted molar refractivity (Wildman–Crippen MR) is 91.3 cm³/mol. The molecule has 1 unspecified atom stereocenters. The lowest BCUT2D eigenvalue weighted by molar-refractivity contribution is -0.115. The summed E-state index contributed by atoms with van der Waals surface area (Å²) in [5.74, 6) is 0.455. The standard InChI is InChI=1S/C17H16N2O3S/c1-10-16(20)19-14-9-11(3-8-15(14)23-10)17(21)18-12-4-6-13(22-2)7-5-12/h3-10H,1-2H3,(H,18,21)(H,19,20). The second-order valence-corrected chi connectivity index (χ2v) is 6.53. The Hall–Kier alpha value is -2.47. The van der Waals surface area contributed by atoms with Crippen LogP contribution in [-0.2, 0) is 4.79 Å². The summed E-state index contributed by atoms with van der Waals surface area (Å²) in [5, 5.41) is 5.53. The minimum Gasteiger partial charge on any atom is -0.497 e. The molecule has 2 amide bonds. The van der Waals surface area contributed by atoms with Gasteiger partial charge in [0.1, 0.15) is 5.75 Å². The molecule has 6 heteroatoms. The van der Waals surface area contributed by atoms with Crippen molar-refractivity contribution in [1.82, 2.24) is 0 Å². The van der Waals surface area contributed by atoms with Crippen molar-refractivity contribution in [2.75, 3.05) is 17.7 Å². The molecule has 0 aromatic heterocycles. The highest BCUT2D eigenvalue weighted by atomic mass is 32.2. The van der Waals surface area contributed by atoms with Gasteiger partial charge in [-0.1, -0.05) is 0 Å². The van der Waals surface area contributed by atoms with Crippen molar-refractivity contribution in [3.05, 3.63) is 48.0 Å². The maximum Gasteiger partial charge on any atom is 0.255 e. The van der Waals surface area contributed by atoms with Crippen molar-refractivity contribution in [2.24, 2.45) is 0 Å². The monoisotopic (exact) mass is 328 g/mol. The van der Waals surface area contributed by atoms with Crippen molar-refractivity contribution >= 4 is 35.0 Å². The van der Waals surface area contributed by atoms with E-state index in [1.54, 1.807) is 43.5 Å². The van der Waals surface area contributed by atoms with Crippen LogP contribution in [0.2, 0.25) is 0 Å². The van der Waals surface area contributed by atoms with Gasteiger partial charge in [-0.2, -0.15) is 0 Å². The van der Waals surface area contributed by atoms with Crippen molar-refractivity contribution in [2.45, 2.75) is 17.1 Å². The summed E-state index contributed by atoms with van der Waals surface area (Å²) in [7, 11) is 1.59. The Kier molecular flexibility index (Phi) is 4.25. The van der Waals surface area contributed by atoms with Gasteiger partial charge in [0.2, 0.25) is 5.91 Å². The molecule has 3 rings (SSSR count). The maximum absolute atomic E-state index is 12.3. The van der Waals surface area contributed by atoms with E-state index < -0.39 is 0 Å². The summed E-state index contributed by atoms with van der Waals surface area (Å²) >= 11 is 1.49. The molecule has 0 spiro atoms. The van der Waals surface area contributed by atoms with Crippen molar-refractivity contribution in [3.63, 3.8) is 0 Å². The highest BCUT2D eigenvalue weighted by Crippen LogP contribution is 2.36. The molecule has 1 aliphatic rings. The minimum atomic E-state index is -0.226. The second kappa shape index (κ2) is 6.34. The Morgan fingerprint density at radius 2 is 1.96 bits per heavy atom. The van der Waals surface area contributed by atoms with Gasteiger partial charge in [-0.3, -0.25) is 9.59 Å². The first-order valence-electron chi connectivity index (χ1n) is 7.14. The summed E-state index contributed by atoms with van der Waals surface area (Å²) in [4.78, 5) is 25.1. The van der Waals surface area contributed by atoms with Gasteiger partial charge in [0.15, 0.2) is 0 Å². The average molecular weight is 328 g/mol. The Balaban J connectivity index is 1.77. The van der Waals surface area contributed by atoms with Gasteiger partial charge < -0.3 is 15.4 Å². The molecule has 23 heavy (non-hydrogen) atoms. The molecule has 2 aromatic carbocycles. The number of benzene rings is 2. The number of rotatable bonds is 3. The van der Waals surface area contributed by atoms with Crippen LogP contribution in [0.1, 0.15) is 17.3 Å². The van der Waals surface area contributed by atoms with Crippen molar-refractivity contribution in [1.29, 1.82) is 0 Å². The number of amides is 2. The molecule has 1 heterocycles. The number of nitrogens with one attached hydrogen (secondary N) is 2. The van der Waals surface area contributed by atoms with Crippen LogP contribution in [0.4, 0.5) is 11.4 Å². The highest BCUT2D eigenvalue weighted by Gasteiger charge is 2.23. The third-order valence-corrected chi connectivity index (χ3v) is 4.70. The van der Waals surface area contributed by atoms with E-state index in [9.17, 15) is 9.59 Å². The summed E-state index contributed by atoms with van der Waals surface area (Å²) < 4.78 is 5.08. The van der Waals surface area contributed by atoms with Gasteiger partial charge in [-0.25, -0.2) is 0 Å². The maximum atomic E-state index is 12.3. The smallest absolute Gasteiger partial charge is 0.255 e. The fourth-order valence-corrected chi connectivity index (χ4v) is 3.16. The van der Waals surface area contributed by atoms with Gasteiger partial charge in [0.05, 0.1) is 18.0 Å². The van der Waals surface area contributed by atoms with Crippen LogP contribution in [0.5, 0.6) is 5.75 Å². The Labute approximate surface area is 138 Å². The quantitative estimate of drug-likeness (QED) is 0.906. The van der Waals surface area contributed by atoms with Crippen LogP contribution < -0.4 is 15.4 Å². The van der Waals surface area contributed by atoms with Crippen LogP contribution in [0.25, 0.3) is 0 Å². The van der Waals surface area contributed by atoms with Crippen molar-refractivity contribution in [3.8, 4) is 5.75 Å². The number of fused-ring (bicyclic) bond motifs is 1. The molecule has 5 nitrogen and oxygen atoms in total. The third-order valence-electron chi connectivity index (χ3n) is 3.52. The highest BCUT2D eigenvalue weighted by molar-refractivity contribution is 8.00. The van der Waals surface area contributed by atoms with Crippen LogP contribution in [0.3, 0.4) is 0 Å². The van der Waals surface area contributed by atoms with E-state index in [1.807, 2.05) is 13.0 Å². The zero-order valence-corrected chi connectivity index (χ0v) is 13.6. The first-order chi connectivity index (χ1) is 11.1. The number of methoxy groups -OCH3 is 1. The lowest BCUT2D eigenvalue weighted by Gasteiger charge is -2.21. The number of carbonyl (C=O) groups is 2. The molecule has 2 N–H and O–H groups in total. The zero-order chi connectivity index (χ0) is 16.4. The second-order valence-electron chi connectivity index (χ2n) is 5.14. The first-order valence-corrected chi connectivity index (χ1v) is 8.02. The van der Waals surface area contributed by atoms with E-state index in [-0.39, 0.29) is 17.1 Å². The SMILES string of the molecule is COc1ccc(NC(=O)c2ccc3c(c2)NC(=O)C(C)S3)cc1. The first kappa shape index (κ1) is 15.4. The Morgan fingerprint density at radius 1 is 1.22 bits per heavy atom. The number of thioether (sulfide) groups is 1. The molecule has 0 aliphatic carbocycles. The summed E-state index contributed by atoms with van der Waals surface area (Å²) in [6.07, 6.45) is 0. The molecule has 2 aromatic rings. The third kappa shape index (κ3) is 3.32. The fourth-order valence-electron chi connectivity index (χ4n) is 2.23. The van der Waals surface area contributed by atoms with Gasteiger partial charge in [0.25, 0.3) is 5.91 Å². The van der Waals surface area contributed by atoms with Crippen LogP contribution in [0.15, 0.2) is 47.4 Å². The molecule has 0 bridgehead atoms. The van der Waals surface area contributed by atoms with Gasteiger partial charge in [-0.15, -0.1) is 11.8 Å². The Morgan fingerprint density at radius 3 is 2.65 bits per heavy atom. The molecule has 0 radical (unpaired) electrons. The molecule has 0 saturated carbocycles. The van der Waals surface area contributed by atoms with Crippen LogP contribution >= 0.6 is 11.8 Å². The molecule has 0 saturated heterocycles. The summed E-state index contributed by atoms with van der Waals surface area (Å²) in [5.41, 5.74) is 1.86. The van der Waals surface area contributed by atoms with E-state index in [0.29, 0.717) is 16.9 Å². The molecule has 1 atom stereocenters. The van der Waals surface area contributed by atoms with Crippen molar-refractivity contribution < 1.29 is 14.3 Å². The van der Waals surface area contributed by atoms with Gasteiger partial charge >= 0.3 is 0 Å². The normalized spacial score (nSPS) is 16.3. The van der Waals surface area contributed by atoms with E-state index in [2.05, 4.69) is 10.6 Å². The largest absolute Gasteiger partial charge is 0.497 e. The molecule has 118 valence electrons. The summed E-state index contributed by atoms with van der Waals surface area (Å²) in [6, 6.07) is 12.4. The van der Waals surface area contributed by atoms with Crippen LogP contribution in [-0.4, -0.2) is 24.2 Å². The Bertz CT molecular complexity index is 759. The number of ether oxygens (including phenoxy) is 1. The van der Waals surface area contributed by atoms with Crippen LogP contribution in [0, 0.1) is 0 Å². The average Bonchev–Trinajstić information content (AvgIpc) is 2.56. The topological polar surface area (TPSA) is 67.4 Å². The number of anilines is 2. The van der Waals surface area contributed by atoms with E-state index >= 15 is 0 Å². The molecular weight excluding hydrogens is 312 g/mol. The summed E-state index contributed by atoms with van der Waals surface area (Å²) in [6.45, 7) is 1.85. The van der Waals surface area contributed by atoms with Gasteiger partial charge in [-0.05, 0) is 49.4 Å². The number of hydrogen-bond donors (Lipinski definition) is 2. The molecule has 0 fully saturated rings. The molecule has 1 aliphatic heterocycles.